The Balaban J connectivity index is 1.59. The molecule has 2 nitrogen and oxygen atoms in total. The van der Waals surface area contributed by atoms with E-state index in [1.54, 1.807) is 0 Å². The largest absolute Gasteiger partial charge is 0.311 e. The minimum absolute atomic E-state index is 1.00. The zero-order valence-corrected chi connectivity index (χ0v) is 13.4. The summed E-state index contributed by atoms with van der Waals surface area (Å²) < 4.78 is 1.20. The van der Waals surface area contributed by atoms with Crippen molar-refractivity contribution in [1.29, 1.82) is 0 Å². The third-order valence-electron chi connectivity index (χ3n) is 3.47. The molecule has 1 N–H and O–H groups in total. The molecule has 1 aromatic heterocycles. The van der Waals surface area contributed by atoms with E-state index in [-0.39, 0.29) is 0 Å². The fourth-order valence-electron chi connectivity index (χ4n) is 2.43. The predicted molar refractivity (Wildman–Crippen MR) is 83.3 cm³/mol. The highest BCUT2D eigenvalue weighted by atomic mass is 79.9. The summed E-state index contributed by atoms with van der Waals surface area (Å²) in [5.74, 6) is 0. The van der Waals surface area contributed by atoms with E-state index in [1.807, 2.05) is 11.3 Å². The van der Waals surface area contributed by atoms with Crippen LogP contribution in [0.25, 0.3) is 0 Å². The van der Waals surface area contributed by atoms with Gasteiger partial charge in [0.25, 0.3) is 0 Å². The maximum absolute atomic E-state index is 3.55. The number of likely N-dealkylation sites (tertiary alicyclic amines) is 1. The molecule has 1 aliphatic heterocycles. The molecule has 0 radical (unpaired) electrons. The summed E-state index contributed by atoms with van der Waals surface area (Å²) in [4.78, 5) is 4.03. The van der Waals surface area contributed by atoms with Crippen LogP contribution in [0.4, 0.5) is 0 Å². The predicted octanol–water partition coefficient (Wildman–Crippen LogP) is 3.87. The van der Waals surface area contributed by atoms with E-state index >= 15 is 0 Å². The van der Waals surface area contributed by atoms with Gasteiger partial charge in [0.1, 0.15) is 0 Å². The lowest BCUT2D eigenvalue weighted by Crippen LogP contribution is -2.34. The fourth-order valence-corrected chi connectivity index (χ4v) is 3.85. The second kappa shape index (κ2) is 8.31. The van der Waals surface area contributed by atoms with E-state index in [0.29, 0.717) is 0 Å². The lowest BCUT2D eigenvalue weighted by molar-refractivity contribution is 0.247. The van der Waals surface area contributed by atoms with Crippen molar-refractivity contribution in [3.05, 3.63) is 20.8 Å². The third-order valence-corrected chi connectivity index (χ3v) is 5.17. The van der Waals surface area contributed by atoms with Crippen molar-refractivity contribution < 1.29 is 0 Å². The van der Waals surface area contributed by atoms with Crippen molar-refractivity contribution in [2.75, 3.05) is 26.2 Å². The van der Waals surface area contributed by atoms with Crippen LogP contribution in [0.3, 0.4) is 0 Å². The van der Waals surface area contributed by atoms with Crippen molar-refractivity contribution in [3.8, 4) is 0 Å². The maximum Gasteiger partial charge on any atom is 0.0300 e. The first-order chi connectivity index (χ1) is 8.84. The fraction of sp³-hybridized carbons (Fsp3) is 0.714. The standard InChI is InChI=1S/C14H23BrN2S/c15-13-10-14(18-12-13)11-16-6-9-17-7-4-2-1-3-5-8-17/h10,12,16H,1-9,11H2. The van der Waals surface area contributed by atoms with Gasteiger partial charge in [-0.3, -0.25) is 0 Å². The molecule has 18 heavy (non-hydrogen) atoms. The van der Waals surface area contributed by atoms with Crippen molar-refractivity contribution in [2.45, 2.75) is 38.6 Å². The maximum atomic E-state index is 3.55. The van der Waals surface area contributed by atoms with Crippen LogP contribution < -0.4 is 5.32 Å². The molecule has 0 spiro atoms. The van der Waals surface area contributed by atoms with Gasteiger partial charge in [-0.15, -0.1) is 11.3 Å². The summed E-state index contributed by atoms with van der Waals surface area (Å²) in [5, 5.41) is 5.69. The normalized spacial score (nSPS) is 18.5. The Morgan fingerprint density at radius 3 is 2.56 bits per heavy atom. The highest BCUT2D eigenvalue weighted by Crippen LogP contribution is 2.19. The molecule has 0 amide bonds. The number of hydrogen-bond acceptors (Lipinski definition) is 3. The van der Waals surface area contributed by atoms with Crippen LogP contribution in [0, 0.1) is 0 Å². The first-order valence-corrected chi connectivity index (χ1v) is 8.68. The van der Waals surface area contributed by atoms with Crippen LogP contribution in [0.5, 0.6) is 0 Å². The van der Waals surface area contributed by atoms with Crippen LogP contribution in [0.15, 0.2) is 15.9 Å². The van der Waals surface area contributed by atoms with Gasteiger partial charge < -0.3 is 10.2 Å². The average molecular weight is 331 g/mol. The molecule has 2 rings (SSSR count). The molecule has 0 aliphatic carbocycles. The molecule has 0 saturated carbocycles. The van der Waals surface area contributed by atoms with E-state index in [0.717, 1.165) is 13.1 Å². The Hall–Kier alpha value is 0.1000. The lowest BCUT2D eigenvalue weighted by Gasteiger charge is -2.24. The van der Waals surface area contributed by atoms with E-state index in [1.165, 1.54) is 61.1 Å². The molecule has 1 fully saturated rings. The molecule has 1 aliphatic rings. The molecule has 0 aromatic carbocycles. The smallest absolute Gasteiger partial charge is 0.0300 e. The molecular weight excluding hydrogens is 308 g/mol. The molecule has 102 valence electrons. The Kier molecular flexibility index (Phi) is 6.70. The van der Waals surface area contributed by atoms with Crippen LogP contribution in [0.1, 0.15) is 37.0 Å². The molecule has 0 unspecified atom stereocenters. The summed E-state index contributed by atoms with van der Waals surface area (Å²) in [6.45, 7) is 5.91. The van der Waals surface area contributed by atoms with Crippen LogP contribution in [-0.4, -0.2) is 31.1 Å². The second-order valence-electron chi connectivity index (χ2n) is 5.02. The van der Waals surface area contributed by atoms with Crippen LogP contribution >= 0.6 is 27.3 Å². The highest BCUT2D eigenvalue weighted by Gasteiger charge is 2.07. The Morgan fingerprint density at radius 2 is 1.89 bits per heavy atom. The second-order valence-corrected chi connectivity index (χ2v) is 6.93. The first kappa shape index (κ1) is 14.5. The van der Waals surface area contributed by atoms with Gasteiger partial charge in [-0.2, -0.15) is 0 Å². The lowest BCUT2D eigenvalue weighted by atomic mass is 10.1. The summed E-state index contributed by atoms with van der Waals surface area (Å²) in [5.41, 5.74) is 0. The summed E-state index contributed by atoms with van der Waals surface area (Å²) in [6, 6.07) is 2.20. The molecular formula is C14H23BrN2S. The van der Waals surface area contributed by atoms with Gasteiger partial charge in [0.05, 0.1) is 0 Å². The average Bonchev–Trinajstić information content (AvgIpc) is 2.72. The molecule has 1 saturated heterocycles. The van der Waals surface area contributed by atoms with Crippen molar-refractivity contribution in [3.63, 3.8) is 0 Å². The quantitative estimate of drug-likeness (QED) is 0.824. The zero-order chi connectivity index (χ0) is 12.6. The topological polar surface area (TPSA) is 15.3 Å². The number of rotatable bonds is 5. The molecule has 0 bridgehead atoms. The minimum atomic E-state index is 1.00. The van der Waals surface area contributed by atoms with Gasteiger partial charge in [-0.05, 0) is 47.9 Å². The number of nitrogens with one attached hydrogen (secondary N) is 1. The molecule has 4 heteroatoms. The van der Waals surface area contributed by atoms with Crippen molar-refractivity contribution in [1.82, 2.24) is 10.2 Å². The number of hydrogen-bond donors (Lipinski definition) is 1. The van der Waals surface area contributed by atoms with E-state index in [2.05, 4.69) is 37.6 Å². The molecule has 2 heterocycles. The SMILES string of the molecule is Brc1csc(CNCCN2CCCCCCC2)c1. The monoisotopic (exact) mass is 330 g/mol. The summed E-state index contributed by atoms with van der Waals surface area (Å²) in [7, 11) is 0. The minimum Gasteiger partial charge on any atom is -0.311 e. The van der Waals surface area contributed by atoms with Crippen LogP contribution in [0.2, 0.25) is 0 Å². The van der Waals surface area contributed by atoms with E-state index < -0.39 is 0 Å². The Bertz CT molecular complexity index is 332. The summed E-state index contributed by atoms with van der Waals surface area (Å²) >= 11 is 5.31. The highest BCUT2D eigenvalue weighted by molar-refractivity contribution is 9.10. The zero-order valence-electron chi connectivity index (χ0n) is 11.0. The van der Waals surface area contributed by atoms with Gasteiger partial charge in [-0.1, -0.05) is 19.3 Å². The van der Waals surface area contributed by atoms with Gasteiger partial charge >= 0.3 is 0 Å². The van der Waals surface area contributed by atoms with Crippen molar-refractivity contribution in [2.24, 2.45) is 0 Å². The molecule has 0 atom stereocenters. The van der Waals surface area contributed by atoms with E-state index in [4.69, 9.17) is 0 Å². The Morgan fingerprint density at radius 1 is 1.17 bits per heavy atom. The number of halogens is 1. The summed E-state index contributed by atoms with van der Waals surface area (Å²) in [6.07, 6.45) is 7.06. The van der Waals surface area contributed by atoms with Crippen molar-refractivity contribution >= 4 is 27.3 Å². The van der Waals surface area contributed by atoms with Crippen LogP contribution in [-0.2, 0) is 6.54 Å². The van der Waals surface area contributed by atoms with Gasteiger partial charge in [0.15, 0.2) is 0 Å². The first-order valence-electron chi connectivity index (χ1n) is 7.00. The number of thiophene rings is 1. The van der Waals surface area contributed by atoms with Gasteiger partial charge in [0, 0.05) is 34.4 Å². The van der Waals surface area contributed by atoms with E-state index in [9.17, 15) is 0 Å². The van der Waals surface area contributed by atoms with Gasteiger partial charge in [0.2, 0.25) is 0 Å². The third kappa shape index (κ3) is 5.39. The molecule has 1 aromatic rings. The van der Waals surface area contributed by atoms with Gasteiger partial charge in [-0.25, -0.2) is 0 Å². The number of nitrogens with zero attached hydrogens (tertiary/aromatic N) is 1. The Labute approximate surface area is 123 Å².